The molecule has 2 rings (SSSR count). The van der Waals surface area contributed by atoms with E-state index in [-0.39, 0.29) is 30.2 Å². The molecule has 0 aliphatic heterocycles. The van der Waals surface area contributed by atoms with Gasteiger partial charge < -0.3 is 10.2 Å². The lowest BCUT2D eigenvalue weighted by atomic mass is 10.1. The summed E-state index contributed by atoms with van der Waals surface area (Å²) in [6.07, 6.45) is 0. The number of benzene rings is 2. The van der Waals surface area contributed by atoms with Gasteiger partial charge in [0.05, 0.1) is 6.04 Å². The van der Waals surface area contributed by atoms with E-state index in [9.17, 15) is 14.0 Å². The molecule has 2 amide bonds. The predicted molar refractivity (Wildman–Crippen MR) is 87.3 cm³/mol. The number of nitrogens with one attached hydrogen (secondary N) is 1. The van der Waals surface area contributed by atoms with Crippen molar-refractivity contribution in [2.24, 2.45) is 0 Å². The maximum atomic E-state index is 12.9. The van der Waals surface area contributed by atoms with E-state index in [0.717, 1.165) is 5.56 Å². The number of anilines is 1. The Morgan fingerprint density at radius 1 is 1.09 bits per heavy atom. The molecule has 1 atom stereocenters. The Bertz CT molecular complexity index is 671. The second-order valence-electron chi connectivity index (χ2n) is 5.29. The Morgan fingerprint density at radius 2 is 1.70 bits per heavy atom. The van der Waals surface area contributed by atoms with E-state index in [0.29, 0.717) is 5.69 Å². The summed E-state index contributed by atoms with van der Waals surface area (Å²) >= 11 is 0. The van der Waals surface area contributed by atoms with Crippen LogP contribution in [0.4, 0.5) is 10.1 Å². The zero-order valence-electron chi connectivity index (χ0n) is 13.1. The molecule has 0 saturated heterocycles. The molecular weight excluding hydrogens is 295 g/mol. The van der Waals surface area contributed by atoms with E-state index >= 15 is 0 Å². The van der Waals surface area contributed by atoms with Gasteiger partial charge in [0.15, 0.2) is 0 Å². The molecule has 0 aromatic heterocycles. The minimum Gasteiger partial charge on any atom is -0.327 e. The van der Waals surface area contributed by atoms with Crippen molar-refractivity contribution in [2.45, 2.75) is 19.9 Å². The summed E-state index contributed by atoms with van der Waals surface area (Å²) in [5, 5.41) is 2.66. The van der Waals surface area contributed by atoms with Gasteiger partial charge in [0, 0.05) is 12.6 Å². The molecule has 4 nitrogen and oxygen atoms in total. The Hall–Kier alpha value is -2.69. The molecule has 2 aromatic carbocycles. The highest BCUT2D eigenvalue weighted by Gasteiger charge is 2.21. The van der Waals surface area contributed by atoms with Crippen LogP contribution in [0.5, 0.6) is 0 Å². The van der Waals surface area contributed by atoms with Crippen LogP contribution in [0.2, 0.25) is 0 Å². The largest absolute Gasteiger partial charge is 0.327 e. The molecule has 0 radical (unpaired) electrons. The van der Waals surface area contributed by atoms with Gasteiger partial charge >= 0.3 is 0 Å². The highest BCUT2D eigenvalue weighted by atomic mass is 19.1. The first-order chi connectivity index (χ1) is 11.0. The van der Waals surface area contributed by atoms with E-state index in [4.69, 9.17) is 0 Å². The maximum Gasteiger partial charge on any atom is 0.244 e. The van der Waals surface area contributed by atoms with E-state index in [1.807, 2.05) is 37.3 Å². The molecule has 0 spiro atoms. The number of hydrogen-bond donors (Lipinski definition) is 1. The Kier molecular flexibility index (Phi) is 5.46. The van der Waals surface area contributed by atoms with Gasteiger partial charge in [-0.25, -0.2) is 4.39 Å². The van der Waals surface area contributed by atoms with Gasteiger partial charge in [-0.1, -0.05) is 30.3 Å². The monoisotopic (exact) mass is 314 g/mol. The van der Waals surface area contributed by atoms with Crippen molar-refractivity contribution < 1.29 is 14.0 Å². The highest BCUT2D eigenvalue weighted by molar-refractivity contribution is 5.94. The Morgan fingerprint density at radius 3 is 2.26 bits per heavy atom. The predicted octanol–water partition coefficient (Wildman–Crippen LogP) is 3.37. The number of rotatable bonds is 5. The zero-order chi connectivity index (χ0) is 16.8. The summed E-state index contributed by atoms with van der Waals surface area (Å²) in [5.74, 6) is -0.878. The lowest BCUT2D eigenvalue weighted by Gasteiger charge is -2.28. The van der Waals surface area contributed by atoms with Crippen LogP contribution in [-0.2, 0) is 9.59 Å². The minimum atomic E-state index is -0.369. The van der Waals surface area contributed by atoms with Crippen LogP contribution in [0.25, 0.3) is 0 Å². The smallest absolute Gasteiger partial charge is 0.244 e. The first kappa shape index (κ1) is 16.7. The Labute approximate surface area is 134 Å². The number of carbonyl (C=O) groups excluding carboxylic acids is 2. The lowest BCUT2D eigenvalue weighted by Crippen LogP contribution is -2.38. The minimum absolute atomic E-state index is 0.0667. The quantitative estimate of drug-likeness (QED) is 0.920. The summed E-state index contributed by atoms with van der Waals surface area (Å²) in [7, 11) is 0. The third kappa shape index (κ3) is 4.64. The van der Waals surface area contributed by atoms with E-state index in [1.165, 1.54) is 36.1 Å². The van der Waals surface area contributed by atoms with Crippen LogP contribution < -0.4 is 5.32 Å². The van der Waals surface area contributed by atoms with Gasteiger partial charge in [-0.2, -0.15) is 0 Å². The van der Waals surface area contributed by atoms with Crippen LogP contribution in [-0.4, -0.2) is 23.3 Å². The summed E-state index contributed by atoms with van der Waals surface area (Å²) in [6, 6.07) is 14.8. The number of nitrogens with zero attached hydrogens (tertiary/aromatic N) is 1. The fourth-order valence-electron chi connectivity index (χ4n) is 2.32. The van der Waals surface area contributed by atoms with E-state index in [1.54, 1.807) is 0 Å². The Balaban J connectivity index is 2.05. The molecule has 0 bridgehead atoms. The van der Waals surface area contributed by atoms with Crippen LogP contribution in [0.3, 0.4) is 0 Å². The fourth-order valence-corrected chi connectivity index (χ4v) is 2.32. The second-order valence-corrected chi connectivity index (χ2v) is 5.29. The average molecular weight is 314 g/mol. The second kappa shape index (κ2) is 7.54. The molecule has 0 saturated carbocycles. The first-order valence-corrected chi connectivity index (χ1v) is 7.35. The van der Waals surface area contributed by atoms with Crippen LogP contribution in [0.1, 0.15) is 25.5 Å². The zero-order valence-corrected chi connectivity index (χ0v) is 13.1. The summed E-state index contributed by atoms with van der Waals surface area (Å²) in [6.45, 7) is 3.25. The van der Waals surface area contributed by atoms with Crippen molar-refractivity contribution in [1.82, 2.24) is 4.90 Å². The molecule has 2 aromatic rings. The number of hydrogen-bond acceptors (Lipinski definition) is 2. The van der Waals surface area contributed by atoms with Crippen LogP contribution in [0, 0.1) is 5.82 Å². The van der Waals surface area contributed by atoms with Gasteiger partial charge in [-0.15, -0.1) is 0 Å². The summed E-state index contributed by atoms with van der Waals surface area (Å²) in [5.41, 5.74) is 1.45. The molecule has 23 heavy (non-hydrogen) atoms. The molecular formula is C18H19FN2O2. The van der Waals surface area contributed by atoms with Crippen LogP contribution >= 0.6 is 0 Å². The molecule has 0 heterocycles. The van der Waals surface area contributed by atoms with Crippen molar-refractivity contribution in [3.05, 3.63) is 66.0 Å². The van der Waals surface area contributed by atoms with Gasteiger partial charge in [0.25, 0.3) is 0 Å². The molecule has 0 aliphatic carbocycles. The maximum absolute atomic E-state index is 12.9. The fraction of sp³-hybridized carbons (Fsp3) is 0.222. The van der Waals surface area contributed by atoms with Gasteiger partial charge in [0.1, 0.15) is 12.4 Å². The summed E-state index contributed by atoms with van der Waals surface area (Å²) in [4.78, 5) is 25.5. The van der Waals surface area contributed by atoms with Crippen molar-refractivity contribution in [3.63, 3.8) is 0 Å². The molecule has 5 heteroatoms. The number of halogens is 1. The summed E-state index contributed by atoms with van der Waals surface area (Å²) < 4.78 is 12.9. The number of amides is 2. The molecule has 120 valence electrons. The van der Waals surface area contributed by atoms with Crippen molar-refractivity contribution >= 4 is 17.5 Å². The van der Waals surface area contributed by atoms with E-state index < -0.39 is 0 Å². The molecule has 0 aliphatic rings. The molecule has 0 fully saturated rings. The molecule has 1 N–H and O–H groups in total. The third-order valence-electron chi connectivity index (χ3n) is 3.60. The average Bonchev–Trinajstić information content (AvgIpc) is 2.55. The van der Waals surface area contributed by atoms with Crippen LogP contribution in [0.15, 0.2) is 54.6 Å². The number of carbonyl (C=O) groups is 2. The van der Waals surface area contributed by atoms with E-state index in [2.05, 4.69) is 5.32 Å². The van der Waals surface area contributed by atoms with Gasteiger partial charge in [-0.3, -0.25) is 9.59 Å². The van der Waals surface area contributed by atoms with Crippen molar-refractivity contribution in [1.29, 1.82) is 0 Å². The first-order valence-electron chi connectivity index (χ1n) is 7.35. The highest BCUT2D eigenvalue weighted by Crippen LogP contribution is 2.20. The van der Waals surface area contributed by atoms with Crippen molar-refractivity contribution in [2.75, 3.05) is 11.9 Å². The normalized spacial score (nSPS) is 11.6. The lowest BCUT2D eigenvalue weighted by molar-refractivity contribution is -0.134. The third-order valence-corrected chi connectivity index (χ3v) is 3.60. The standard InChI is InChI=1S/C18H19FN2O2/c1-13(15-6-4-3-5-7-15)21(14(2)22)12-18(23)20-17-10-8-16(19)9-11-17/h3-11,13H,12H2,1-2H3,(H,20,23). The molecule has 1 unspecified atom stereocenters. The van der Waals surface area contributed by atoms with Gasteiger partial charge in [0.2, 0.25) is 11.8 Å². The topological polar surface area (TPSA) is 49.4 Å². The SMILES string of the molecule is CC(=O)N(CC(=O)Nc1ccc(F)cc1)C(C)c1ccccc1. The van der Waals surface area contributed by atoms with Crippen molar-refractivity contribution in [3.8, 4) is 0 Å². The van der Waals surface area contributed by atoms with Gasteiger partial charge in [-0.05, 0) is 36.8 Å².